The molecule has 0 amide bonds. The highest BCUT2D eigenvalue weighted by Crippen LogP contribution is 2.48. The van der Waals surface area contributed by atoms with Crippen LogP contribution in [0.5, 0.6) is 11.5 Å². The van der Waals surface area contributed by atoms with Crippen molar-refractivity contribution >= 4 is 11.4 Å². The van der Waals surface area contributed by atoms with Gasteiger partial charge in [-0.25, -0.2) is 9.57 Å². The van der Waals surface area contributed by atoms with Crippen molar-refractivity contribution in [1.82, 2.24) is 4.58 Å². The Balaban J connectivity index is 1.71. The third-order valence-electron chi connectivity index (χ3n) is 8.23. The van der Waals surface area contributed by atoms with E-state index in [0.29, 0.717) is 11.8 Å². The summed E-state index contributed by atoms with van der Waals surface area (Å²) in [4.78, 5) is 7.49. The molecular formula is C27H36N3O+. The third kappa shape index (κ3) is 3.01. The standard InChI is InChI=1S/C27H36N3O/c1-9-17-15-27(5,6)30(8)23-13-25-21(11-19(17)23)28-20-10-18-16(2)14-26(3,4)29(7)22(18)12-24(20)31-25/h10-13,16-17H,9,14-15H2,1-8H3/q+1. The number of hydrogen-bond acceptors (Lipinski definition) is 3. The quantitative estimate of drug-likeness (QED) is 0.504. The zero-order valence-corrected chi connectivity index (χ0v) is 20.3. The van der Waals surface area contributed by atoms with Crippen LogP contribution in [-0.4, -0.2) is 25.2 Å². The van der Waals surface area contributed by atoms with Crippen LogP contribution >= 0.6 is 0 Å². The van der Waals surface area contributed by atoms with Crippen LogP contribution in [0.3, 0.4) is 0 Å². The van der Waals surface area contributed by atoms with E-state index in [2.05, 4.69) is 89.4 Å². The first-order valence-corrected chi connectivity index (χ1v) is 11.7. The van der Waals surface area contributed by atoms with Crippen molar-refractivity contribution in [1.29, 1.82) is 0 Å². The maximum Gasteiger partial charge on any atom is 0.207 e. The Hall–Kier alpha value is -2.36. The van der Waals surface area contributed by atoms with Crippen LogP contribution in [-0.2, 0) is 0 Å². The Labute approximate surface area is 186 Å². The summed E-state index contributed by atoms with van der Waals surface area (Å²) in [5.74, 6) is 2.80. The van der Waals surface area contributed by atoms with E-state index in [1.165, 1.54) is 22.2 Å². The first-order valence-electron chi connectivity index (χ1n) is 11.7. The van der Waals surface area contributed by atoms with Crippen LogP contribution in [0.4, 0.5) is 11.4 Å². The Morgan fingerprint density at radius 3 is 2.52 bits per heavy atom. The van der Waals surface area contributed by atoms with E-state index < -0.39 is 0 Å². The van der Waals surface area contributed by atoms with Gasteiger partial charge in [-0.3, -0.25) is 0 Å². The van der Waals surface area contributed by atoms with E-state index in [9.17, 15) is 0 Å². The number of rotatable bonds is 1. The number of nitrogens with zero attached hydrogens (tertiary/aromatic N) is 3. The number of hydrogen-bond donors (Lipinski definition) is 0. The lowest BCUT2D eigenvalue weighted by Gasteiger charge is -2.45. The Kier molecular flexibility index (Phi) is 4.35. The minimum atomic E-state index is 0.132. The van der Waals surface area contributed by atoms with Crippen LogP contribution in [0.15, 0.2) is 29.3 Å². The SMILES string of the molecule is CCC1CC(C)(C)[N+](C)=c2cc3c(cc21)=Nc1cc2c(cc1O3)N(C)C(C)(C)CC2C. The maximum absolute atomic E-state index is 6.50. The molecule has 4 nitrogen and oxygen atoms in total. The minimum absolute atomic E-state index is 0.132. The summed E-state index contributed by atoms with van der Waals surface area (Å²) in [5.41, 5.74) is 5.28. The Morgan fingerprint density at radius 2 is 1.81 bits per heavy atom. The van der Waals surface area contributed by atoms with Gasteiger partial charge >= 0.3 is 0 Å². The predicted molar refractivity (Wildman–Crippen MR) is 128 cm³/mol. The molecule has 5 rings (SSSR count). The van der Waals surface area contributed by atoms with Gasteiger partial charge in [0.1, 0.15) is 18.1 Å². The lowest BCUT2D eigenvalue weighted by Crippen LogP contribution is -2.50. The summed E-state index contributed by atoms with van der Waals surface area (Å²) in [7, 11) is 4.41. The summed E-state index contributed by atoms with van der Waals surface area (Å²) in [6, 6.07) is 8.97. The summed E-state index contributed by atoms with van der Waals surface area (Å²) in [5, 5.41) is 2.25. The molecule has 0 saturated carbocycles. The molecule has 0 spiro atoms. The van der Waals surface area contributed by atoms with Gasteiger partial charge in [-0.05, 0) is 70.1 Å². The first kappa shape index (κ1) is 20.5. The zero-order chi connectivity index (χ0) is 22.3. The van der Waals surface area contributed by atoms with Gasteiger partial charge in [-0.15, -0.1) is 0 Å². The van der Waals surface area contributed by atoms with Crippen LogP contribution in [0.2, 0.25) is 0 Å². The molecule has 2 aromatic carbocycles. The number of benzene rings is 2. The molecule has 3 aliphatic heterocycles. The second-order valence-electron chi connectivity index (χ2n) is 11.1. The third-order valence-corrected chi connectivity index (χ3v) is 8.23. The molecule has 0 fully saturated rings. The number of ether oxygens (including phenoxy) is 1. The molecule has 3 heterocycles. The van der Waals surface area contributed by atoms with Gasteiger partial charge in [0.2, 0.25) is 5.36 Å². The molecule has 2 aromatic rings. The Bertz CT molecular complexity index is 1210. The van der Waals surface area contributed by atoms with E-state index in [1.54, 1.807) is 0 Å². The van der Waals surface area contributed by atoms with Crippen LogP contribution in [0.25, 0.3) is 0 Å². The summed E-state index contributed by atoms with van der Waals surface area (Å²) in [6.07, 6.45) is 3.45. The summed E-state index contributed by atoms with van der Waals surface area (Å²) < 4.78 is 8.91. The van der Waals surface area contributed by atoms with Gasteiger partial charge in [-0.2, -0.15) is 0 Å². The molecule has 0 saturated heterocycles. The highest BCUT2D eigenvalue weighted by molar-refractivity contribution is 5.70. The molecule has 4 heteroatoms. The van der Waals surface area contributed by atoms with Gasteiger partial charge in [0.25, 0.3) is 0 Å². The highest BCUT2D eigenvalue weighted by Gasteiger charge is 2.39. The van der Waals surface area contributed by atoms with Gasteiger partial charge in [0, 0.05) is 36.3 Å². The van der Waals surface area contributed by atoms with E-state index in [-0.39, 0.29) is 11.1 Å². The van der Waals surface area contributed by atoms with Crippen molar-refractivity contribution in [3.05, 3.63) is 46.1 Å². The number of anilines is 1. The normalized spacial score (nSPS) is 24.9. The highest BCUT2D eigenvalue weighted by atomic mass is 16.5. The monoisotopic (exact) mass is 418 g/mol. The summed E-state index contributed by atoms with van der Waals surface area (Å²) >= 11 is 0. The molecule has 0 bridgehead atoms. The largest absolute Gasteiger partial charge is 0.452 e. The minimum Gasteiger partial charge on any atom is -0.452 e. The molecule has 164 valence electrons. The molecule has 0 N–H and O–H groups in total. The fourth-order valence-electron chi connectivity index (χ4n) is 5.90. The van der Waals surface area contributed by atoms with Crippen molar-refractivity contribution < 1.29 is 4.74 Å². The molecule has 3 aliphatic rings. The van der Waals surface area contributed by atoms with Crippen LogP contribution in [0, 0.1) is 0 Å². The van der Waals surface area contributed by atoms with Crippen molar-refractivity contribution in [3.63, 3.8) is 0 Å². The Morgan fingerprint density at radius 1 is 1.06 bits per heavy atom. The van der Waals surface area contributed by atoms with E-state index in [0.717, 1.165) is 41.8 Å². The molecule has 0 aromatic heterocycles. The van der Waals surface area contributed by atoms with Gasteiger partial charge in [0.05, 0.1) is 6.07 Å². The van der Waals surface area contributed by atoms with Gasteiger partial charge in [0.15, 0.2) is 17.0 Å². The maximum atomic E-state index is 6.50. The van der Waals surface area contributed by atoms with Crippen molar-refractivity contribution in [2.45, 2.75) is 83.7 Å². The average molecular weight is 419 g/mol. The smallest absolute Gasteiger partial charge is 0.207 e. The summed E-state index contributed by atoms with van der Waals surface area (Å²) in [6.45, 7) is 13.9. The van der Waals surface area contributed by atoms with Crippen molar-refractivity contribution in [3.8, 4) is 11.5 Å². The molecular weight excluding hydrogens is 382 g/mol. The van der Waals surface area contributed by atoms with Crippen molar-refractivity contribution in [2.75, 3.05) is 19.0 Å². The first-order chi connectivity index (χ1) is 14.5. The fourth-order valence-corrected chi connectivity index (χ4v) is 5.90. The molecule has 0 aliphatic carbocycles. The van der Waals surface area contributed by atoms with E-state index >= 15 is 0 Å². The van der Waals surface area contributed by atoms with Gasteiger partial charge < -0.3 is 9.64 Å². The predicted octanol–water partition coefficient (Wildman–Crippen LogP) is 5.26. The van der Waals surface area contributed by atoms with Crippen molar-refractivity contribution in [2.24, 2.45) is 4.99 Å². The average Bonchev–Trinajstić information content (AvgIpc) is 2.71. The second-order valence-corrected chi connectivity index (χ2v) is 11.1. The topological polar surface area (TPSA) is 27.8 Å². The number of fused-ring (bicyclic) bond motifs is 4. The zero-order valence-electron chi connectivity index (χ0n) is 20.3. The van der Waals surface area contributed by atoms with Crippen LogP contribution in [0.1, 0.15) is 83.8 Å². The van der Waals surface area contributed by atoms with E-state index in [1.807, 2.05) is 0 Å². The van der Waals surface area contributed by atoms with Gasteiger partial charge in [-0.1, -0.05) is 13.8 Å². The lowest BCUT2D eigenvalue weighted by atomic mass is 9.80. The van der Waals surface area contributed by atoms with E-state index in [4.69, 9.17) is 9.73 Å². The second kappa shape index (κ2) is 6.57. The van der Waals surface area contributed by atoms with Crippen LogP contribution < -0.4 is 24.9 Å². The molecule has 0 radical (unpaired) electrons. The molecule has 31 heavy (non-hydrogen) atoms. The molecule has 2 unspecified atom stereocenters. The molecule has 2 atom stereocenters. The fraction of sp³-hybridized carbons (Fsp3) is 0.556. The lowest BCUT2D eigenvalue weighted by molar-refractivity contribution is 0.282.